The van der Waals surface area contributed by atoms with Crippen molar-refractivity contribution in [3.05, 3.63) is 34.1 Å². The minimum atomic E-state index is -0.234. The van der Waals surface area contributed by atoms with Gasteiger partial charge in [0.05, 0.1) is 10.6 Å². The fourth-order valence-corrected chi connectivity index (χ4v) is 2.50. The first-order chi connectivity index (χ1) is 7.65. The molecule has 0 saturated carbocycles. The van der Waals surface area contributed by atoms with Crippen LogP contribution in [0.4, 0.5) is 4.39 Å². The van der Waals surface area contributed by atoms with Gasteiger partial charge in [-0.3, -0.25) is 4.90 Å². The zero-order chi connectivity index (χ0) is 11.5. The summed E-state index contributed by atoms with van der Waals surface area (Å²) in [7, 11) is 0. The molecule has 1 saturated heterocycles. The van der Waals surface area contributed by atoms with Crippen LogP contribution >= 0.6 is 15.9 Å². The number of piperidine rings is 1. The van der Waals surface area contributed by atoms with Crippen LogP contribution in [0.3, 0.4) is 0 Å². The van der Waals surface area contributed by atoms with Crippen molar-refractivity contribution in [2.45, 2.75) is 25.5 Å². The Bertz CT molecular complexity index is 372. The van der Waals surface area contributed by atoms with Gasteiger partial charge in [-0.25, -0.2) is 4.39 Å². The standard InChI is InChI=1S/C12H15BrFNO/c13-11-6-9(3-4-12(11)14)7-15-5-1-2-10(16)8-15/h3-4,6,10,16H,1-2,5,7-8H2/t10-/m0/s1. The van der Waals surface area contributed by atoms with E-state index in [1.165, 1.54) is 6.07 Å². The summed E-state index contributed by atoms with van der Waals surface area (Å²) in [6.07, 6.45) is 1.71. The third-order valence-corrected chi connectivity index (χ3v) is 3.48. The molecule has 1 aliphatic rings. The Morgan fingerprint density at radius 1 is 1.50 bits per heavy atom. The van der Waals surface area contributed by atoms with Crippen LogP contribution in [0.25, 0.3) is 0 Å². The molecule has 2 rings (SSSR count). The summed E-state index contributed by atoms with van der Waals surface area (Å²) in [6.45, 7) is 2.50. The average molecular weight is 288 g/mol. The number of aliphatic hydroxyl groups excluding tert-OH is 1. The summed E-state index contributed by atoms with van der Waals surface area (Å²) in [5.41, 5.74) is 1.07. The average Bonchev–Trinajstić information content (AvgIpc) is 2.24. The third kappa shape index (κ3) is 3.03. The second kappa shape index (κ2) is 5.25. The summed E-state index contributed by atoms with van der Waals surface area (Å²) in [6, 6.07) is 5.07. The van der Waals surface area contributed by atoms with E-state index >= 15 is 0 Å². The second-order valence-corrected chi connectivity index (χ2v) is 5.13. The van der Waals surface area contributed by atoms with Crippen molar-refractivity contribution in [2.75, 3.05) is 13.1 Å². The van der Waals surface area contributed by atoms with Gasteiger partial charge in [-0.15, -0.1) is 0 Å². The predicted octanol–water partition coefficient (Wildman–Crippen LogP) is 2.54. The lowest BCUT2D eigenvalue weighted by atomic mass is 10.1. The van der Waals surface area contributed by atoms with Gasteiger partial charge in [-0.05, 0) is 53.0 Å². The maximum Gasteiger partial charge on any atom is 0.137 e. The van der Waals surface area contributed by atoms with E-state index in [1.807, 2.05) is 0 Å². The molecule has 4 heteroatoms. The molecule has 1 fully saturated rings. The Kier molecular flexibility index (Phi) is 3.95. The summed E-state index contributed by atoms with van der Waals surface area (Å²) in [5, 5.41) is 9.55. The maximum absolute atomic E-state index is 13.0. The van der Waals surface area contributed by atoms with Crippen LogP contribution in [0.15, 0.2) is 22.7 Å². The molecule has 16 heavy (non-hydrogen) atoms. The topological polar surface area (TPSA) is 23.5 Å². The number of hydrogen-bond donors (Lipinski definition) is 1. The monoisotopic (exact) mass is 287 g/mol. The van der Waals surface area contributed by atoms with Crippen molar-refractivity contribution in [1.82, 2.24) is 4.90 Å². The first-order valence-corrected chi connectivity index (χ1v) is 6.29. The van der Waals surface area contributed by atoms with E-state index < -0.39 is 0 Å². The Balaban J connectivity index is 2.00. The Morgan fingerprint density at radius 3 is 3.00 bits per heavy atom. The van der Waals surface area contributed by atoms with Crippen LogP contribution in [0.2, 0.25) is 0 Å². The van der Waals surface area contributed by atoms with Crippen molar-refractivity contribution in [3.63, 3.8) is 0 Å². The van der Waals surface area contributed by atoms with Crippen molar-refractivity contribution in [1.29, 1.82) is 0 Å². The van der Waals surface area contributed by atoms with Gasteiger partial charge in [0.15, 0.2) is 0 Å². The van der Waals surface area contributed by atoms with Crippen LogP contribution < -0.4 is 0 Å². The SMILES string of the molecule is O[C@H]1CCCN(Cc2ccc(F)c(Br)c2)C1. The highest BCUT2D eigenvalue weighted by molar-refractivity contribution is 9.10. The molecule has 1 aromatic rings. The summed E-state index contributed by atoms with van der Waals surface area (Å²) < 4.78 is 13.5. The van der Waals surface area contributed by atoms with Crippen LogP contribution in [0, 0.1) is 5.82 Å². The fraction of sp³-hybridized carbons (Fsp3) is 0.500. The molecular formula is C12H15BrFNO. The third-order valence-electron chi connectivity index (χ3n) is 2.87. The molecule has 0 bridgehead atoms. The van der Waals surface area contributed by atoms with Gasteiger partial charge >= 0.3 is 0 Å². The minimum absolute atomic E-state index is 0.211. The van der Waals surface area contributed by atoms with Crippen molar-refractivity contribution >= 4 is 15.9 Å². The van der Waals surface area contributed by atoms with Gasteiger partial charge in [-0.2, -0.15) is 0 Å². The zero-order valence-corrected chi connectivity index (χ0v) is 10.6. The molecule has 0 radical (unpaired) electrons. The number of benzene rings is 1. The van der Waals surface area contributed by atoms with E-state index in [-0.39, 0.29) is 11.9 Å². The molecule has 1 atom stereocenters. The Morgan fingerprint density at radius 2 is 2.31 bits per heavy atom. The van der Waals surface area contributed by atoms with Gasteiger partial charge in [0.2, 0.25) is 0 Å². The molecule has 1 aliphatic heterocycles. The highest BCUT2D eigenvalue weighted by Crippen LogP contribution is 2.19. The molecule has 0 aromatic heterocycles. The van der Waals surface area contributed by atoms with Crippen molar-refractivity contribution < 1.29 is 9.50 Å². The molecule has 0 aliphatic carbocycles. The summed E-state index contributed by atoms with van der Waals surface area (Å²) >= 11 is 3.18. The second-order valence-electron chi connectivity index (χ2n) is 4.28. The Hall–Kier alpha value is -0.450. The van der Waals surface area contributed by atoms with Crippen LogP contribution in [0.1, 0.15) is 18.4 Å². The van der Waals surface area contributed by atoms with Gasteiger partial charge in [0, 0.05) is 13.1 Å². The van der Waals surface area contributed by atoms with E-state index in [0.29, 0.717) is 4.47 Å². The number of nitrogens with zero attached hydrogens (tertiary/aromatic N) is 1. The molecule has 1 N–H and O–H groups in total. The van der Waals surface area contributed by atoms with Crippen LogP contribution in [-0.4, -0.2) is 29.2 Å². The number of aliphatic hydroxyl groups is 1. The van der Waals surface area contributed by atoms with E-state index in [2.05, 4.69) is 20.8 Å². The minimum Gasteiger partial charge on any atom is -0.392 e. The highest BCUT2D eigenvalue weighted by atomic mass is 79.9. The summed E-state index contributed by atoms with van der Waals surface area (Å²) in [4.78, 5) is 2.20. The quantitative estimate of drug-likeness (QED) is 0.904. The van der Waals surface area contributed by atoms with Gasteiger partial charge in [0.25, 0.3) is 0 Å². The Labute approximate surface area is 103 Å². The number of hydrogen-bond acceptors (Lipinski definition) is 2. The number of halogens is 2. The van der Waals surface area contributed by atoms with Crippen LogP contribution in [0.5, 0.6) is 0 Å². The molecule has 0 amide bonds. The zero-order valence-electron chi connectivity index (χ0n) is 9.00. The van der Waals surface area contributed by atoms with Crippen LogP contribution in [-0.2, 0) is 6.54 Å². The molecule has 0 unspecified atom stereocenters. The maximum atomic E-state index is 13.0. The van der Waals surface area contributed by atoms with Gasteiger partial charge in [-0.1, -0.05) is 6.07 Å². The van der Waals surface area contributed by atoms with E-state index in [9.17, 15) is 9.50 Å². The largest absolute Gasteiger partial charge is 0.392 e. The lowest BCUT2D eigenvalue weighted by Crippen LogP contribution is -2.37. The van der Waals surface area contributed by atoms with Crippen molar-refractivity contribution in [2.24, 2.45) is 0 Å². The molecule has 1 heterocycles. The van der Waals surface area contributed by atoms with Gasteiger partial charge < -0.3 is 5.11 Å². The number of β-amino-alcohol motifs (C(OH)–C–C–N with tert-alkyl or cyclic N) is 1. The summed E-state index contributed by atoms with van der Waals surface area (Å²) in [5.74, 6) is -0.234. The van der Waals surface area contributed by atoms with Gasteiger partial charge in [0.1, 0.15) is 5.82 Å². The van der Waals surface area contributed by atoms with E-state index in [1.54, 1.807) is 12.1 Å². The normalized spacial score (nSPS) is 22.3. The number of rotatable bonds is 2. The molecule has 1 aromatic carbocycles. The molecule has 0 spiro atoms. The first kappa shape index (κ1) is 12.0. The lowest BCUT2D eigenvalue weighted by molar-refractivity contribution is 0.0668. The smallest absolute Gasteiger partial charge is 0.137 e. The van der Waals surface area contributed by atoms with E-state index in [0.717, 1.165) is 38.0 Å². The fourth-order valence-electron chi connectivity index (χ4n) is 2.07. The first-order valence-electron chi connectivity index (χ1n) is 5.49. The van der Waals surface area contributed by atoms with E-state index in [4.69, 9.17) is 0 Å². The lowest BCUT2D eigenvalue weighted by Gasteiger charge is -2.29. The molecule has 2 nitrogen and oxygen atoms in total. The predicted molar refractivity (Wildman–Crippen MR) is 64.6 cm³/mol. The highest BCUT2D eigenvalue weighted by Gasteiger charge is 2.17. The van der Waals surface area contributed by atoms with Crippen molar-refractivity contribution in [3.8, 4) is 0 Å². The molecular weight excluding hydrogens is 273 g/mol. The molecule has 88 valence electrons. The number of likely N-dealkylation sites (tertiary alicyclic amines) is 1.